The summed E-state index contributed by atoms with van der Waals surface area (Å²) in [6.45, 7) is 6.62. The van der Waals surface area contributed by atoms with Gasteiger partial charge in [0.25, 0.3) is 5.91 Å². The Hall–Kier alpha value is -1.62. The van der Waals surface area contributed by atoms with E-state index in [1.165, 1.54) is 0 Å². The van der Waals surface area contributed by atoms with Gasteiger partial charge in [-0.05, 0) is 31.4 Å². The second-order valence-electron chi connectivity index (χ2n) is 5.13. The number of hydrogen-bond donors (Lipinski definition) is 2. The van der Waals surface area contributed by atoms with E-state index in [2.05, 4.69) is 19.2 Å². The van der Waals surface area contributed by atoms with Crippen molar-refractivity contribution in [1.82, 2.24) is 5.32 Å². The Morgan fingerprint density at radius 1 is 1.40 bits per heavy atom. The van der Waals surface area contributed by atoms with Gasteiger partial charge in [-0.2, -0.15) is 0 Å². The average molecular weight is 294 g/mol. The first-order valence-electron chi connectivity index (χ1n) is 6.74. The summed E-state index contributed by atoms with van der Waals surface area (Å²) in [4.78, 5) is 12.2. The van der Waals surface area contributed by atoms with Gasteiger partial charge in [0, 0.05) is 12.1 Å². The van der Waals surface area contributed by atoms with Crippen molar-refractivity contribution in [3.8, 4) is 5.75 Å². The van der Waals surface area contributed by atoms with E-state index in [1.54, 1.807) is 25.1 Å². The van der Waals surface area contributed by atoms with E-state index in [1.807, 2.05) is 6.07 Å². The molecule has 0 heterocycles. The third-order valence-electron chi connectivity index (χ3n) is 2.82. The lowest BCUT2D eigenvalue weighted by Crippen LogP contribution is -2.37. The molecule has 0 aliphatic rings. The molecule has 0 spiro atoms. The smallest absolute Gasteiger partial charge is 0.260 e. The molecule has 0 radical (unpaired) electrons. The SMILES string of the molecule is CC(C)CCNC(=O)C(C)Oc1cccc(C(N)=S)c1. The molecule has 1 aromatic rings. The van der Waals surface area contributed by atoms with Crippen LogP contribution in [0.2, 0.25) is 0 Å². The van der Waals surface area contributed by atoms with E-state index in [0.29, 0.717) is 23.2 Å². The number of benzene rings is 1. The fourth-order valence-electron chi connectivity index (χ4n) is 1.61. The zero-order chi connectivity index (χ0) is 15.1. The van der Waals surface area contributed by atoms with Crippen LogP contribution in [0.1, 0.15) is 32.8 Å². The van der Waals surface area contributed by atoms with Gasteiger partial charge in [0.15, 0.2) is 6.10 Å². The molecule has 0 aliphatic heterocycles. The molecule has 0 aromatic heterocycles. The summed E-state index contributed by atoms with van der Waals surface area (Å²) in [5.41, 5.74) is 6.29. The van der Waals surface area contributed by atoms with Crippen LogP contribution >= 0.6 is 12.2 Å². The number of thiocarbonyl (C=S) groups is 1. The van der Waals surface area contributed by atoms with Gasteiger partial charge in [0.05, 0.1) is 0 Å². The normalized spacial score (nSPS) is 12.0. The van der Waals surface area contributed by atoms with Crippen molar-refractivity contribution in [3.63, 3.8) is 0 Å². The highest BCUT2D eigenvalue weighted by Gasteiger charge is 2.14. The molecule has 1 aromatic carbocycles. The van der Waals surface area contributed by atoms with Gasteiger partial charge in [-0.1, -0.05) is 38.2 Å². The topological polar surface area (TPSA) is 64.3 Å². The number of hydrogen-bond acceptors (Lipinski definition) is 3. The molecular weight excluding hydrogens is 272 g/mol. The van der Waals surface area contributed by atoms with Crippen LogP contribution in [-0.4, -0.2) is 23.5 Å². The van der Waals surface area contributed by atoms with Crippen LogP contribution in [0, 0.1) is 5.92 Å². The van der Waals surface area contributed by atoms with Gasteiger partial charge in [0.1, 0.15) is 10.7 Å². The molecule has 4 nitrogen and oxygen atoms in total. The molecule has 0 bridgehead atoms. The summed E-state index contributed by atoms with van der Waals surface area (Å²) in [5.74, 6) is 1.03. The van der Waals surface area contributed by atoms with E-state index < -0.39 is 6.10 Å². The third kappa shape index (κ3) is 5.57. The van der Waals surface area contributed by atoms with Crippen LogP contribution in [0.3, 0.4) is 0 Å². The lowest BCUT2D eigenvalue weighted by Gasteiger charge is -2.15. The molecule has 0 saturated carbocycles. The molecular formula is C15H22N2O2S. The Morgan fingerprint density at radius 2 is 2.10 bits per heavy atom. The van der Waals surface area contributed by atoms with Crippen LogP contribution in [0.15, 0.2) is 24.3 Å². The van der Waals surface area contributed by atoms with Crippen molar-refractivity contribution in [2.24, 2.45) is 11.7 Å². The number of carbonyl (C=O) groups excluding carboxylic acids is 1. The van der Waals surface area contributed by atoms with Gasteiger partial charge in [-0.25, -0.2) is 0 Å². The minimum atomic E-state index is -0.552. The molecule has 1 amide bonds. The summed E-state index contributed by atoms with van der Waals surface area (Å²) in [5, 5.41) is 2.86. The van der Waals surface area contributed by atoms with E-state index >= 15 is 0 Å². The van der Waals surface area contributed by atoms with E-state index in [-0.39, 0.29) is 5.91 Å². The Morgan fingerprint density at radius 3 is 2.70 bits per heavy atom. The molecule has 20 heavy (non-hydrogen) atoms. The molecule has 1 rings (SSSR count). The highest BCUT2D eigenvalue weighted by Crippen LogP contribution is 2.15. The maximum Gasteiger partial charge on any atom is 0.260 e. The average Bonchev–Trinajstić information content (AvgIpc) is 2.38. The Balaban J connectivity index is 2.52. The van der Waals surface area contributed by atoms with Crippen molar-refractivity contribution in [1.29, 1.82) is 0 Å². The molecule has 0 saturated heterocycles. The van der Waals surface area contributed by atoms with Crippen LogP contribution in [0.4, 0.5) is 0 Å². The second-order valence-corrected chi connectivity index (χ2v) is 5.57. The van der Waals surface area contributed by atoms with Gasteiger partial charge >= 0.3 is 0 Å². The standard InChI is InChI=1S/C15H22N2O2S/c1-10(2)7-8-17-15(18)11(3)19-13-6-4-5-12(9-13)14(16)20/h4-6,9-11H,7-8H2,1-3H3,(H2,16,20)(H,17,18). The number of rotatable bonds is 7. The van der Waals surface area contributed by atoms with Gasteiger partial charge in [0.2, 0.25) is 0 Å². The summed E-state index contributed by atoms with van der Waals surface area (Å²) in [6, 6.07) is 7.12. The predicted octanol–water partition coefficient (Wildman–Crippen LogP) is 2.25. The highest BCUT2D eigenvalue weighted by atomic mass is 32.1. The Bertz CT molecular complexity index is 475. The number of amides is 1. The van der Waals surface area contributed by atoms with Crippen LogP contribution in [0.5, 0.6) is 5.75 Å². The van der Waals surface area contributed by atoms with Crippen LogP contribution < -0.4 is 15.8 Å². The second kappa shape index (κ2) is 7.85. The van der Waals surface area contributed by atoms with E-state index in [4.69, 9.17) is 22.7 Å². The summed E-state index contributed by atoms with van der Waals surface area (Å²) >= 11 is 4.91. The van der Waals surface area contributed by atoms with Crippen LogP contribution in [-0.2, 0) is 4.79 Å². The van der Waals surface area contributed by atoms with E-state index in [9.17, 15) is 4.79 Å². The van der Waals surface area contributed by atoms with Crippen molar-refractivity contribution in [2.75, 3.05) is 6.54 Å². The zero-order valence-corrected chi connectivity index (χ0v) is 13.0. The molecule has 1 unspecified atom stereocenters. The lowest BCUT2D eigenvalue weighted by molar-refractivity contribution is -0.127. The van der Waals surface area contributed by atoms with E-state index in [0.717, 1.165) is 12.0 Å². The fraction of sp³-hybridized carbons (Fsp3) is 0.467. The molecule has 110 valence electrons. The van der Waals surface area contributed by atoms with Gasteiger partial charge in [-0.15, -0.1) is 0 Å². The Kier molecular flexibility index (Phi) is 6.45. The molecule has 3 N–H and O–H groups in total. The first-order chi connectivity index (χ1) is 9.40. The van der Waals surface area contributed by atoms with Gasteiger partial charge < -0.3 is 15.8 Å². The van der Waals surface area contributed by atoms with Crippen molar-refractivity contribution in [2.45, 2.75) is 33.3 Å². The first kappa shape index (κ1) is 16.4. The zero-order valence-electron chi connectivity index (χ0n) is 12.2. The number of ether oxygens (including phenoxy) is 1. The number of nitrogens with two attached hydrogens (primary N) is 1. The summed E-state index contributed by atoms with van der Waals surface area (Å²) in [7, 11) is 0. The summed E-state index contributed by atoms with van der Waals surface area (Å²) in [6.07, 6.45) is 0.402. The van der Waals surface area contributed by atoms with Crippen molar-refractivity contribution in [3.05, 3.63) is 29.8 Å². The minimum Gasteiger partial charge on any atom is -0.481 e. The molecule has 0 aliphatic carbocycles. The summed E-state index contributed by atoms with van der Waals surface area (Å²) < 4.78 is 5.60. The predicted molar refractivity (Wildman–Crippen MR) is 84.9 cm³/mol. The number of nitrogens with one attached hydrogen (secondary N) is 1. The molecule has 0 fully saturated rings. The maximum atomic E-state index is 11.9. The molecule has 1 atom stereocenters. The lowest BCUT2D eigenvalue weighted by atomic mass is 10.1. The fourth-order valence-corrected chi connectivity index (χ4v) is 1.74. The molecule has 5 heteroatoms. The third-order valence-corrected chi connectivity index (χ3v) is 3.06. The maximum absolute atomic E-state index is 11.9. The first-order valence-corrected chi connectivity index (χ1v) is 7.15. The van der Waals surface area contributed by atoms with Gasteiger partial charge in [-0.3, -0.25) is 4.79 Å². The van der Waals surface area contributed by atoms with Crippen molar-refractivity contribution < 1.29 is 9.53 Å². The van der Waals surface area contributed by atoms with Crippen molar-refractivity contribution >= 4 is 23.1 Å². The minimum absolute atomic E-state index is 0.119. The largest absolute Gasteiger partial charge is 0.481 e. The quantitative estimate of drug-likeness (QED) is 0.757. The Labute approximate surface area is 125 Å². The highest BCUT2D eigenvalue weighted by molar-refractivity contribution is 7.80. The van der Waals surface area contributed by atoms with Crippen LogP contribution in [0.25, 0.3) is 0 Å². The monoisotopic (exact) mass is 294 g/mol. The number of carbonyl (C=O) groups is 1.